The van der Waals surface area contributed by atoms with Crippen molar-refractivity contribution in [1.29, 1.82) is 0 Å². The molecule has 0 bridgehead atoms. The number of hydrogen-bond acceptors (Lipinski definition) is 9. The van der Waals surface area contributed by atoms with Crippen molar-refractivity contribution in [2.75, 3.05) is 6.61 Å². The Balaban J connectivity index is 3.65. The van der Waals surface area contributed by atoms with Crippen LogP contribution in [0, 0.1) is 28.1 Å². The van der Waals surface area contributed by atoms with Crippen LogP contribution < -0.4 is 0 Å². The molecule has 0 aromatic rings. The number of ether oxygens (including phenoxy) is 4. The van der Waals surface area contributed by atoms with Gasteiger partial charge in [-0.05, 0) is 65.7 Å². The van der Waals surface area contributed by atoms with Gasteiger partial charge in [-0.25, -0.2) is 4.79 Å². The first kappa shape index (κ1) is 52.0. The summed E-state index contributed by atoms with van der Waals surface area (Å²) in [6.45, 7) is 11.2. The van der Waals surface area contributed by atoms with Gasteiger partial charge < -0.3 is 24.1 Å². The Bertz CT molecular complexity index is 1360. The standard InChI is InChI=1S/C36H52F12O9/c1-10-30(8,27(52)55-22(21-14-12-11-13-15-21)17-32(53,35(43,44)45)36(46,47)48)19-31(9,16-20(2)24(50)57-29(6,7)28(3,4)5)26(51)54-18-23(49)56-25(33(37,38)39)34(40,41)42/h20-22,25,53H,10-19H2,1-9H3. The normalized spacial score (nSPS) is 18.9. The summed E-state index contributed by atoms with van der Waals surface area (Å²) in [6, 6.07) is 0. The number of esters is 4. The van der Waals surface area contributed by atoms with Crippen molar-refractivity contribution in [3.8, 4) is 0 Å². The molecule has 57 heavy (non-hydrogen) atoms. The molecule has 0 heterocycles. The van der Waals surface area contributed by atoms with Crippen molar-refractivity contribution in [2.24, 2.45) is 28.1 Å². The molecular weight excluding hydrogens is 804 g/mol. The van der Waals surface area contributed by atoms with Crippen molar-refractivity contribution in [3.05, 3.63) is 0 Å². The van der Waals surface area contributed by atoms with Gasteiger partial charge in [-0.2, -0.15) is 52.7 Å². The molecule has 0 spiro atoms. The molecule has 21 heteroatoms. The molecule has 0 saturated heterocycles. The van der Waals surface area contributed by atoms with E-state index in [-0.39, 0.29) is 19.3 Å². The zero-order valence-electron chi connectivity index (χ0n) is 33.1. The van der Waals surface area contributed by atoms with Crippen LogP contribution in [0.5, 0.6) is 0 Å². The molecule has 0 aromatic carbocycles. The molecule has 1 aliphatic rings. The second-order valence-electron chi connectivity index (χ2n) is 16.9. The fourth-order valence-corrected chi connectivity index (χ4v) is 6.25. The highest BCUT2D eigenvalue weighted by molar-refractivity contribution is 5.83. The van der Waals surface area contributed by atoms with Gasteiger partial charge >= 0.3 is 48.6 Å². The average molecular weight is 857 g/mol. The van der Waals surface area contributed by atoms with E-state index in [0.717, 1.165) is 13.8 Å². The second kappa shape index (κ2) is 18.1. The molecule has 0 amide bonds. The Kier molecular flexibility index (Phi) is 16.5. The number of alkyl halides is 12. The molecule has 1 rings (SSSR count). The van der Waals surface area contributed by atoms with Crippen LogP contribution in [-0.2, 0) is 38.1 Å². The minimum Gasteiger partial charge on any atom is -0.462 e. The molecule has 4 atom stereocenters. The number of hydrogen-bond donors (Lipinski definition) is 1. The molecule has 1 aliphatic carbocycles. The third-order valence-electron chi connectivity index (χ3n) is 10.9. The summed E-state index contributed by atoms with van der Waals surface area (Å²) < 4.78 is 180. The highest BCUT2D eigenvalue weighted by Gasteiger charge is 2.71. The smallest absolute Gasteiger partial charge is 0.434 e. The summed E-state index contributed by atoms with van der Waals surface area (Å²) in [6.07, 6.45) is -34.1. The van der Waals surface area contributed by atoms with Gasteiger partial charge in [0.15, 0.2) is 6.61 Å². The van der Waals surface area contributed by atoms with E-state index in [4.69, 9.17) is 14.2 Å². The summed E-state index contributed by atoms with van der Waals surface area (Å²) in [4.78, 5) is 53.0. The van der Waals surface area contributed by atoms with E-state index >= 15 is 0 Å². The van der Waals surface area contributed by atoms with Gasteiger partial charge in [-0.15, -0.1) is 0 Å². The molecule has 0 aromatic heterocycles. The largest absolute Gasteiger partial charge is 0.462 e. The van der Waals surface area contributed by atoms with Gasteiger partial charge in [-0.3, -0.25) is 14.4 Å². The summed E-state index contributed by atoms with van der Waals surface area (Å²) in [5, 5.41) is 10.0. The fourth-order valence-electron chi connectivity index (χ4n) is 6.25. The van der Waals surface area contributed by atoms with Gasteiger partial charge in [0.25, 0.3) is 11.7 Å². The van der Waals surface area contributed by atoms with E-state index in [9.17, 15) is 77.0 Å². The highest BCUT2D eigenvalue weighted by atomic mass is 19.4. The van der Waals surface area contributed by atoms with Crippen LogP contribution in [0.25, 0.3) is 0 Å². The van der Waals surface area contributed by atoms with Crippen molar-refractivity contribution >= 4 is 23.9 Å². The lowest BCUT2D eigenvalue weighted by atomic mass is 9.68. The lowest BCUT2D eigenvalue weighted by Crippen LogP contribution is -2.59. The lowest BCUT2D eigenvalue weighted by molar-refractivity contribution is -0.375. The first-order valence-corrected chi connectivity index (χ1v) is 18.1. The Morgan fingerprint density at radius 3 is 1.56 bits per heavy atom. The third-order valence-corrected chi connectivity index (χ3v) is 10.9. The van der Waals surface area contributed by atoms with E-state index < -0.39 is 126 Å². The van der Waals surface area contributed by atoms with Crippen LogP contribution in [0.2, 0.25) is 0 Å². The van der Waals surface area contributed by atoms with Gasteiger partial charge in [0.2, 0.25) is 0 Å². The quantitative estimate of drug-likeness (QED) is 0.0918. The zero-order valence-corrected chi connectivity index (χ0v) is 33.1. The monoisotopic (exact) mass is 856 g/mol. The Morgan fingerprint density at radius 1 is 0.684 bits per heavy atom. The van der Waals surface area contributed by atoms with Gasteiger partial charge in [0.1, 0.15) is 11.7 Å². The zero-order chi connectivity index (χ0) is 45.0. The number of carbonyl (C=O) groups is 4. The van der Waals surface area contributed by atoms with Gasteiger partial charge in [0, 0.05) is 11.8 Å². The van der Waals surface area contributed by atoms with E-state index in [0.29, 0.717) is 19.3 Å². The molecule has 0 radical (unpaired) electrons. The Hall–Kier alpha value is -3.00. The van der Waals surface area contributed by atoms with Gasteiger partial charge in [0.05, 0.1) is 16.7 Å². The van der Waals surface area contributed by atoms with E-state index in [1.54, 1.807) is 34.6 Å². The predicted octanol–water partition coefficient (Wildman–Crippen LogP) is 9.51. The first-order chi connectivity index (χ1) is 25.3. The van der Waals surface area contributed by atoms with Crippen LogP contribution in [0.3, 0.4) is 0 Å². The van der Waals surface area contributed by atoms with Crippen LogP contribution >= 0.6 is 0 Å². The fraction of sp³-hybridized carbons (Fsp3) is 0.889. The van der Waals surface area contributed by atoms with E-state index in [1.165, 1.54) is 13.8 Å². The maximum atomic E-state index is 13.9. The van der Waals surface area contributed by atoms with Crippen LogP contribution in [0.4, 0.5) is 52.7 Å². The molecule has 4 unspecified atom stereocenters. The third kappa shape index (κ3) is 13.5. The van der Waals surface area contributed by atoms with E-state index in [1.807, 2.05) is 0 Å². The SMILES string of the molecule is CCC(C)(CC(C)(CC(C)C(=O)OC(C)(C)C(C)(C)C)C(=O)OCC(=O)OC(C(F)(F)F)C(F)(F)F)C(=O)OC(CC(O)(C(F)(F)F)C(F)(F)F)C1CCCCC1. The minimum atomic E-state index is -6.26. The molecule has 0 aliphatic heterocycles. The molecule has 1 saturated carbocycles. The highest BCUT2D eigenvalue weighted by Crippen LogP contribution is 2.49. The van der Waals surface area contributed by atoms with Crippen LogP contribution in [-0.4, -0.2) is 83.7 Å². The minimum absolute atomic E-state index is 0.0286. The molecule has 1 N–H and O–H groups in total. The van der Waals surface area contributed by atoms with Crippen molar-refractivity contribution in [3.63, 3.8) is 0 Å². The lowest BCUT2D eigenvalue weighted by Gasteiger charge is -2.41. The van der Waals surface area contributed by atoms with E-state index in [2.05, 4.69) is 4.74 Å². The number of rotatable bonds is 16. The summed E-state index contributed by atoms with van der Waals surface area (Å²) in [7, 11) is 0. The predicted molar refractivity (Wildman–Crippen MR) is 176 cm³/mol. The van der Waals surface area contributed by atoms with Crippen molar-refractivity contribution < 1.29 is 95.9 Å². The number of aliphatic hydroxyl groups is 1. The molecule has 334 valence electrons. The van der Waals surface area contributed by atoms with Crippen LogP contribution in [0.1, 0.15) is 120 Å². The van der Waals surface area contributed by atoms with Gasteiger partial charge in [-0.1, -0.05) is 53.9 Å². The first-order valence-electron chi connectivity index (χ1n) is 18.1. The van der Waals surface area contributed by atoms with Crippen molar-refractivity contribution in [2.45, 2.75) is 168 Å². The van der Waals surface area contributed by atoms with Crippen molar-refractivity contribution in [1.82, 2.24) is 0 Å². The summed E-state index contributed by atoms with van der Waals surface area (Å²) in [5.74, 6) is -8.59. The molecule has 1 fully saturated rings. The topological polar surface area (TPSA) is 125 Å². The second-order valence-corrected chi connectivity index (χ2v) is 16.9. The van der Waals surface area contributed by atoms with Crippen LogP contribution in [0.15, 0.2) is 0 Å². The number of halogens is 12. The molecular formula is C36H52F12O9. The maximum Gasteiger partial charge on any atom is 0.434 e. The average Bonchev–Trinajstić information content (AvgIpc) is 3.02. The Morgan fingerprint density at radius 2 is 1.16 bits per heavy atom. The summed E-state index contributed by atoms with van der Waals surface area (Å²) in [5.41, 5.74) is -11.3. The molecule has 9 nitrogen and oxygen atoms in total. The Labute approximate surface area is 322 Å². The summed E-state index contributed by atoms with van der Waals surface area (Å²) >= 11 is 0. The maximum absolute atomic E-state index is 13.9. The number of carbonyl (C=O) groups excluding carboxylic acids is 4.